The maximum atomic E-state index is 12.8. The van der Waals surface area contributed by atoms with E-state index in [-0.39, 0.29) is 42.6 Å². The summed E-state index contributed by atoms with van der Waals surface area (Å²) in [6.07, 6.45) is 8.21. The van der Waals surface area contributed by atoms with Gasteiger partial charge in [0.2, 0.25) is 11.8 Å². The van der Waals surface area contributed by atoms with Gasteiger partial charge in [-0.15, -0.1) is 6.42 Å². The van der Waals surface area contributed by atoms with Crippen LogP contribution in [0.3, 0.4) is 0 Å². The molecule has 0 aliphatic carbocycles. The van der Waals surface area contributed by atoms with Crippen LogP contribution in [-0.2, 0) is 27.3 Å². The van der Waals surface area contributed by atoms with E-state index in [2.05, 4.69) is 32.9 Å². The number of aryl methyl sites for hydroxylation is 1. The zero-order valence-electron chi connectivity index (χ0n) is 17.5. The molecule has 3 atom stereocenters. The Morgan fingerprint density at radius 1 is 1.43 bits per heavy atom. The number of amides is 2. The summed E-state index contributed by atoms with van der Waals surface area (Å²) in [5.41, 5.74) is 2.10. The fraction of sp³-hybridized carbons (Fsp3) is 0.545. The maximum absolute atomic E-state index is 12.8. The Hall–Kier alpha value is -2.92. The SMILES string of the molecule is C#CC(CC(C)=O)NC(=O)CN1C(=O)C(NCc2ccc3c(n2)NCCC3)CC1C. The van der Waals surface area contributed by atoms with Gasteiger partial charge in [-0.25, -0.2) is 4.98 Å². The molecule has 2 aliphatic heterocycles. The fourth-order valence-corrected chi connectivity index (χ4v) is 3.92. The van der Waals surface area contributed by atoms with Crippen molar-refractivity contribution in [2.24, 2.45) is 0 Å². The van der Waals surface area contributed by atoms with Crippen LogP contribution in [-0.4, -0.2) is 58.7 Å². The number of hydrogen-bond donors (Lipinski definition) is 3. The highest BCUT2D eigenvalue weighted by molar-refractivity contribution is 5.90. The Morgan fingerprint density at radius 3 is 2.97 bits per heavy atom. The average molecular weight is 412 g/mol. The second-order valence-corrected chi connectivity index (χ2v) is 8.02. The Bertz CT molecular complexity index is 863. The van der Waals surface area contributed by atoms with Crippen LogP contribution < -0.4 is 16.0 Å². The number of nitrogens with zero attached hydrogens (tertiary/aromatic N) is 2. The van der Waals surface area contributed by atoms with Crippen LogP contribution in [0.25, 0.3) is 0 Å². The highest BCUT2D eigenvalue weighted by Crippen LogP contribution is 2.21. The van der Waals surface area contributed by atoms with E-state index in [1.54, 1.807) is 4.90 Å². The lowest BCUT2D eigenvalue weighted by molar-refractivity contribution is -0.135. The van der Waals surface area contributed by atoms with Crippen LogP contribution >= 0.6 is 0 Å². The number of fused-ring (bicyclic) bond motifs is 1. The number of carbonyl (C=O) groups is 3. The summed E-state index contributed by atoms with van der Waals surface area (Å²) >= 11 is 0. The van der Waals surface area contributed by atoms with Crippen molar-refractivity contribution in [3.05, 3.63) is 23.4 Å². The number of ketones is 1. The lowest BCUT2D eigenvalue weighted by Crippen LogP contribution is -2.46. The second-order valence-electron chi connectivity index (χ2n) is 8.02. The molecule has 1 saturated heterocycles. The number of hydrogen-bond acceptors (Lipinski definition) is 6. The molecule has 1 fully saturated rings. The van der Waals surface area contributed by atoms with Gasteiger partial charge in [-0.2, -0.15) is 0 Å². The fourth-order valence-electron chi connectivity index (χ4n) is 3.92. The average Bonchev–Trinajstić information content (AvgIpc) is 2.98. The Labute approximate surface area is 177 Å². The van der Waals surface area contributed by atoms with Gasteiger partial charge in [0.1, 0.15) is 11.6 Å². The van der Waals surface area contributed by atoms with Gasteiger partial charge in [0.15, 0.2) is 0 Å². The normalized spacial score (nSPS) is 21.4. The molecular weight excluding hydrogens is 382 g/mol. The van der Waals surface area contributed by atoms with Crippen LogP contribution in [0.4, 0.5) is 5.82 Å². The highest BCUT2D eigenvalue weighted by Gasteiger charge is 2.37. The molecule has 3 rings (SSSR count). The Balaban J connectivity index is 1.53. The number of terminal acetylenes is 1. The largest absolute Gasteiger partial charge is 0.370 e. The molecule has 2 amide bonds. The minimum absolute atomic E-state index is 0.0731. The number of pyridine rings is 1. The van der Waals surface area contributed by atoms with Crippen LogP contribution in [0, 0.1) is 12.3 Å². The number of anilines is 1. The monoisotopic (exact) mass is 411 g/mol. The summed E-state index contributed by atoms with van der Waals surface area (Å²) in [4.78, 5) is 42.5. The zero-order valence-corrected chi connectivity index (χ0v) is 17.5. The molecule has 0 bridgehead atoms. The summed E-state index contributed by atoms with van der Waals surface area (Å²) in [7, 11) is 0. The second kappa shape index (κ2) is 9.72. The predicted octanol–water partition coefficient (Wildman–Crippen LogP) is 0.616. The first-order chi connectivity index (χ1) is 14.4. The van der Waals surface area contributed by atoms with Gasteiger partial charge in [-0.3, -0.25) is 14.4 Å². The molecule has 8 heteroatoms. The molecule has 0 saturated carbocycles. The van der Waals surface area contributed by atoms with Gasteiger partial charge in [-0.1, -0.05) is 12.0 Å². The molecule has 3 N–H and O–H groups in total. The van der Waals surface area contributed by atoms with Crippen molar-refractivity contribution in [3.63, 3.8) is 0 Å². The van der Waals surface area contributed by atoms with Gasteiger partial charge >= 0.3 is 0 Å². The summed E-state index contributed by atoms with van der Waals surface area (Å²) in [6.45, 7) is 4.68. The minimum Gasteiger partial charge on any atom is -0.370 e. The number of rotatable bonds is 8. The van der Waals surface area contributed by atoms with Gasteiger partial charge in [-0.05, 0) is 44.7 Å². The number of aromatic nitrogens is 1. The first kappa shape index (κ1) is 21.8. The van der Waals surface area contributed by atoms with Crippen molar-refractivity contribution < 1.29 is 14.4 Å². The third-order valence-electron chi connectivity index (χ3n) is 5.51. The molecule has 1 aromatic heterocycles. The predicted molar refractivity (Wildman–Crippen MR) is 114 cm³/mol. The maximum Gasteiger partial charge on any atom is 0.240 e. The Kier molecular flexibility index (Phi) is 7.06. The molecule has 0 spiro atoms. The van der Waals surface area contributed by atoms with E-state index in [4.69, 9.17) is 6.42 Å². The third-order valence-corrected chi connectivity index (χ3v) is 5.51. The van der Waals surface area contributed by atoms with E-state index in [1.807, 2.05) is 13.0 Å². The lowest BCUT2D eigenvalue weighted by atomic mass is 10.1. The van der Waals surface area contributed by atoms with Crippen LogP contribution in [0.15, 0.2) is 12.1 Å². The molecule has 8 nitrogen and oxygen atoms in total. The van der Waals surface area contributed by atoms with Gasteiger partial charge in [0.05, 0.1) is 24.3 Å². The number of likely N-dealkylation sites (tertiary alicyclic amines) is 1. The molecular formula is C22H29N5O3. The number of carbonyl (C=O) groups excluding carboxylic acids is 3. The van der Waals surface area contributed by atoms with E-state index < -0.39 is 6.04 Å². The third kappa shape index (κ3) is 5.36. The zero-order chi connectivity index (χ0) is 21.7. The van der Waals surface area contributed by atoms with Crippen LogP contribution in [0.2, 0.25) is 0 Å². The number of nitrogens with one attached hydrogen (secondary N) is 3. The quantitative estimate of drug-likeness (QED) is 0.542. The molecule has 0 aromatic carbocycles. The van der Waals surface area contributed by atoms with Crippen molar-refractivity contribution >= 4 is 23.4 Å². The Morgan fingerprint density at radius 2 is 2.23 bits per heavy atom. The van der Waals surface area contributed by atoms with Crippen molar-refractivity contribution in [1.29, 1.82) is 0 Å². The summed E-state index contributed by atoms with van der Waals surface area (Å²) < 4.78 is 0. The van der Waals surface area contributed by atoms with E-state index >= 15 is 0 Å². The van der Waals surface area contributed by atoms with Crippen molar-refractivity contribution in [2.45, 2.75) is 64.2 Å². The van der Waals surface area contributed by atoms with E-state index in [0.29, 0.717) is 13.0 Å². The van der Waals surface area contributed by atoms with Gasteiger partial charge in [0, 0.05) is 25.6 Å². The first-order valence-electron chi connectivity index (χ1n) is 10.4. The van der Waals surface area contributed by atoms with Crippen molar-refractivity contribution in [3.8, 4) is 12.3 Å². The summed E-state index contributed by atoms with van der Waals surface area (Å²) in [5, 5.41) is 9.23. The van der Waals surface area contributed by atoms with E-state index in [0.717, 1.165) is 30.9 Å². The summed E-state index contributed by atoms with van der Waals surface area (Å²) in [6, 6.07) is 2.99. The van der Waals surface area contributed by atoms with Crippen molar-refractivity contribution in [2.75, 3.05) is 18.4 Å². The van der Waals surface area contributed by atoms with Crippen LogP contribution in [0.1, 0.15) is 44.4 Å². The van der Waals surface area contributed by atoms with Gasteiger partial charge < -0.3 is 20.9 Å². The van der Waals surface area contributed by atoms with Crippen LogP contribution in [0.5, 0.6) is 0 Å². The highest BCUT2D eigenvalue weighted by atomic mass is 16.2. The van der Waals surface area contributed by atoms with Gasteiger partial charge in [0.25, 0.3) is 0 Å². The smallest absolute Gasteiger partial charge is 0.240 e. The van der Waals surface area contributed by atoms with Crippen molar-refractivity contribution in [1.82, 2.24) is 20.5 Å². The first-order valence-corrected chi connectivity index (χ1v) is 10.4. The molecule has 3 heterocycles. The molecule has 2 aliphatic rings. The molecule has 0 radical (unpaired) electrons. The molecule has 3 unspecified atom stereocenters. The van der Waals surface area contributed by atoms with E-state index in [1.165, 1.54) is 12.5 Å². The topological polar surface area (TPSA) is 103 Å². The molecule has 160 valence electrons. The standard InChI is InChI=1S/C22H29N5O3/c1-4-17(11-15(3)28)25-20(29)13-27-14(2)10-19(22(27)30)24-12-18-8-7-16-6-5-9-23-21(16)26-18/h1,7-8,14,17,19,24H,5-6,9-13H2,2-3H3,(H,23,26)(H,25,29). The minimum atomic E-state index is -0.652. The summed E-state index contributed by atoms with van der Waals surface area (Å²) in [5.74, 6) is 2.76. The lowest BCUT2D eigenvalue weighted by Gasteiger charge is -2.22. The number of Topliss-reactive ketones (excluding diaryl/α,β-unsaturated/α-hetero) is 1. The molecule has 30 heavy (non-hydrogen) atoms. The molecule has 1 aromatic rings. The van der Waals surface area contributed by atoms with E-state index in [9.17, 15) is 14.4 Å².